The molecule has 0 bridgehead atoms. The van der Waals surface area contributed by atoms with Crippen molar-refractivity contribution in [3.8, 4) is 5.75 Å². The molecule has 2 rings (SSSR count). The molecule has 18 heavy (non-hydrogen) atoms. The van der Waals surface area contributed by atoms with Crippen LogP contribution in [0.2, 0.25) is 0 Å². The number of hydrogen-bond acceptors (Lipinski definition) is 3. The van der Waals surface area contributed by atoms with Crippen molar-refractivity contribution in [3.05, 3.63) is 41.2 Å². The van der Waals surface area contributed by atoms with Gasteiger partial charge in [0.15, 0.2) is 5.54 Å². The lowest BCUT2D eigenvalue weighted by atomic mass is 10.1. The zero-order valence-electron chi connectivity index (χ0n) is 10.7. The Morgan fingerprint density at radius 1 is 1.22 bits per heavy atom. The fraction of sp³-hybridized carbons (Fsp3) is 0.286. The fourth-order valence-corrected chi connectivity index (χ4v) is 1.53. The highest BCUT2D eigenvalue weighted by atomic mass is 16.5. The average Bonchev–Trinajstić information content (AvgIpc) is 2.29. The van der Waals surface area contributed by atoms with E-state index in [0.717, 1.165) is 10.1 Å². The lowest BCUT2D eigenvalue weighted by Crippen LogP contribution is -2.29. The molecule has 0 unspecified atom stereocenters. The number of aromatic nitrogens is 1. The van der Waals surface area contributed by atoms with Gasteiger partial charge >= 0.3 is 0 Å². The maximum Gasteiger partial charge on any atom is 0.200 e. The number of para-hydroxylation sites is 1. The molecule has 0 saturated carbocycles. The summed E-state index contributed by atoms with van der Waals surface area (Å²) in [6.07, 6.45) is 1.44. The Hall–Kier alpha value is -2.10. The molecule has 1 aromatic heterocycles. The number of phenolic OH excluding ortho intramolecular Hbond substituents is 1. The number of hydroxylamine groups is 1. The summed E-state index contributed by atoms with van der Waals surface area (Å²) in [6.45, 7) is 5.49. The molecule has 0 spiro atoms. The number of fused-ring (bicyclic) bond motifs is 1. The Kier molecular flexibility index (Phi) is 2.95. The van der Waals surface area contributed by atoms with Gasteiger partial charge < -0.3 is 10.3 Å². The van der Waals surface area contributed by atoms with Gasteiger partial charge in [0.25, 0.3) is 0 Å². The second kappa shape index (κ2) is 4.29. The highest BCUT2D eigenvalue weighted by molar-refractivity contribution is 5.87. The van der Waals surface area contributed by atoms with Gasteiger partial charge in [0.05, 0.1) is 0 Å². The van der Waals surface area contributed by atoms with E-state index in [0.29, 0.717) is 11.2 Å². The molecule has 0 atom stereocenters. The predicted molar refractivity (Wildman–Crippen MR) is 72.0 cm³/mol. The zero-order valence-corrected chi connectivity index (χ0v) is 10.7. The van der Waals surface area contributed by atoms with Crippen LogP contribution < -0.4 is 0 Å². The van der Waals surface area contributed by atoms with Crippen molar-refractivity contribution in [1.82, 2.24) is 4.98 Å². The second-order valence-corrected chi connectivity index (χ2v) is 5.21. The minimum Gasteiger partial charge on any atom is -0.623 e. The summed E-state index contributed by atoms with van der Waals surface area (Å²) in [5, 5.41) is 22.4. The third-order valence-electron chi connectivity index (χ3n) is 2.63. The average molecular weight is 244 g/mol. The summed E-state index contributed by atoms with van der Waals surface area (Å²) in [6, 6.07) is 8.81. The number of benzene rings is 1. The van der Waals surface area contributed by atoms with E-state index in [1.54, 1.807) is 18.2 Å². The maximum absolute atomic E-state index is 11.8. The van der Waals surface area contributed by atoms with Gasteiger partial charge in [-0.2, -0.15) is 0 Å². The number of pyridine rings is 1. The maximum atomic E-state index is 11.8. The van der Waals surface area contributed by atoms with Crippen LogP contribution in [0.25, 0.3) is 10.9 Å². The van der Waals surface area contributed by atoms with Crippen LogP contribution in [0.1, 0.15) is 26.5 Å². The standard InChI is InChI=1S/C14H16N2O2/c1-14(2,3)16(18)9-11-8-7-10-5-4-6-12(17)13(10)15-11/h4-9,17H,1-3H3/b16-9-. The van der Waals surface area contributed by atoms with Crippen LogP contribution in [-0.4, -0.2) is 26.6 Å². The van der Waals surface area contributed by atoms with E-state index >= 15 is 0 Å². The van der Waals surface area contributed by atoms with Gasteiger partial charge in [0.1, 0.15) is 17.0 Å². The highest BCUT2D eigenvalue weighted by Gasteiger charge is 2.18. The number of nitrogens with zero attached hydrogens (tertiary/aromatic N) is 2. The molecule has 0 saturated heterocycles. The van der Waals surface area contributed by atoms with Crippen molar-refractivity contribution in [3.63, 3.8) is 0 Å². The molecule has 94 valence electrons. The SMILES string of the molecule is CC(C)(C)/[N+]([O-])=C/c1ccc2cccc(O)c2n1. The minimum absolute atomic E-state index is 0.121. The zero-order chi connectivity index (χ0) is 13.3. The van der Waals surface area contributed by atoms with E-state index in [4.69, 9.17) is 0 Å². The molecule has 1 aromatic carbocycles. The van der Waals surface area contributed by atoms with E-state index in [-0.39, 0.29) is 5.75 Å². The topological polar surface area (TPSA) is 59.2 Å². The first-order valence-electron chi connectivity index (χ1n) is 5.78. The molecule has 4 heteroatoms. The third-order valence-corrected chi connectivity index (χ3v) is 2.63. The molecule has 2 aromatic rings. The van der Waals surface area contributed by atoms with E-state index in [9.17, 15) is 10.3 Å². The largest absolute Gasteiger partial charge is 0.623 e. The lowest BCUT2D eigenvalue weighted by molar-refractivity contribution is -0.530. The summed E-state index contributed by atoms with van der Waals surface area (Å²) in [5.41, 5.74) is 0.539. The van der Waals surface area contributed by atoms with Crippen LogP contribution >= 0.6 is 0 Å². The van der Waals surface area contributed by atoms with Crippen molar-refractivity contribution < 1.29 is 9.85 Å². The summed E-state index contributed by atoms with van der Waals surface area (Å²) >= 11 is 0. The van der Waals surface area contributed by atoms with Crippen LogP contribution in [-0.2, 0) is 0 Å². The van der Waals surface area contributed by atoms with Gasteiger partial charge in [0, 0.05) is 26.2 Å². The molecular formula is C14H16N2O2. The van der Waals surface area contributed by atoms with Crippen molar-refractivity contribution in [2.24, 2.45) is 0 Å². The third kappa shape index (κ3) is 2.42. The number of rotatable bonds is 1. The van der Waals surface area contributed by atoms with Crippen LogP contribution in [0.4, 0.5) is 0 Å². The summed E-state index contributed by atoms with van der Waals surface area (Å²) in [7, 11) is 0. The molecular weight excluding hydrogens is 228 g/mol. The molecule has 1 N–H and O–H groups in total. The van der Waals surface area contributed by atoms with E-state index in [1.807, 2.05) is 32.9 Å². The first kappa shape index (κ1) is 12.4. The van der Waals surface area contributed by atoms with Gasteiger partial charge in [0.2, 0.25) is 6.21 Å². The quantitative estimate of drug-likeness (QED) is 0.363. The Bertz CT molecular complexity index is 613. The monoisotopic (exact) mass is 244 g/mol. The molecule has 0 aliphatic rings. The first-order chi connectivity index (χ1) is 8.38. The van der Waals surface area contributed by atoms with Crippen LogP contribution in [0.3, 0.4) is 0 Å². The Morgan fingerprint density at radius 3 is 2.61 bits per heavy atom. The second-order valence-electron chi connectivity index (χ2n) is 5.21. The van der Waals surface area contributed by atoms with Crippen molar-refractivity contribution in [2.45, 2.75) is 26.3 Å². The van der Waals surface area contributed by atoms with Gasteiger partial charge in [-0.25, -0.2) is 9.72 Å². The normalized spacial score (nSPS) is 12.9. The predicted octanol–water partition coefficient (Wildman–Crippen LogP) is 2.67. The smallest absolute Gasteiger partial charge is 0.200 e. The van der Waals surface area contributed by atoms with Gasteiger partial charge in [-0.15, -0.1) is 0 Å². The molecule has 0 radical (unpaired) electrons. The van der Waals surface area contributed by atoms with E-state index < -0.39 is 5.54 Å². The minimum atomic E-state index is -0.505. The molecule has 1 heterocycles. The molecule has 4 nitrogen and oxygen atoms in total. The van der Waals surface area contributed by atoms with Gasteiger partial charge in [-0.1, -0.05) is 18.2 Å². The Balaban J connectivity index is 2.51. The van der Waals surface area contributed by atoms with Crippen LogP contribution in [0.15, 0.2) is 30.3 Å². The fourth-order valence-electron chi connectivity index (χ4n) is 1.53. The summed E-state index contributed by atoms with van der Waals surface area (Å²) < 4.78 is 0.862. The number of hydrogen-bond donors (Lipinski definition) is 1. The van der Waals surface area contributed by atoms with Crippen LogP contribution in [0, 0.1) is 5.21 Å². The van der Waals surface area contributed by atoms with E-state index in [1.165, 1.54) is 6.21 Å². The van der Waals surface area contributed by atoms with Crippen molar-refractivity contribution in [1.29, 1.82) is 0 Å². The Labute approximate surface area is 106 Å². The number of aromatic hydroxyl groups is 1. The lowest BCUT2D eigenvalue weighted by Gasteiger charge is -2.18. The molecule has 0 amide bonds. The van der Waals surface area contributed by atoms with Crippen molar-refractivity contribution in [2.75, 3.05) is 0 Å². The van der Waals surface area contributed by atoms with E-state index in [2.05, 4.69) is 4.98 Å². The highest BCUT2D eigenvalue weighted by Crippen LogP contribution is 2.22. The summed E-state index contributed by atoms with van der Waals surface area (Å²) in [4.78, 5) is 4.28. The van der Waals surface area contributed by atoms with Gasteiger partial charge in [-0.05, 0) is 12.1 Å². The first-order valence-corrected chi connectivity index (χ1v) is 5.78. The Morgan fingerprint density at radius 2 is 1.94 bits per heavy atom. The van der Waals surface area contributed by atoms with Crippen LogP contribution in [0.5, 0.6) is 5.75 Å². The molecule has 0 fully saturated rings. The molecule has 0 aliphatic heterocycles. The molecule has 0 aliphatic carbocycles. The number of phenols is 1. The van der Waals surface area contributed by atoms with Crippen molar-refractivity contribution >= 4 is 17.1 Å². The van der Waals surface area contributed by atoms with Gasteiger partial charge in [-0.3, -0.25) is 0 Å². The summed E-state index contributed by atoms with van der Waals surface area (Å²) in [5.74, 6) is 0.121.